The molecule has 0 aromatic heterocycles. The predicted octanol–water partition coefficient (Wildman–Crippen LogP) is 18.3. The number of hydrogen-bond donors (Lipinski definition) is 10. The zero-order valence-corrected chi connectivity index (χ0v) is 80.4. The van der Waals surface area contributed by atoms with Crippen molar-refractivity contribution in [3.8, 4) is 0 Å². The van der Waals surface area contributed by atoms with E-state index in [1.54, 1.807) is 0 Å². The summed E-state index contributed by atoms with van der Waals surface area (Å²) in [5, 5.41) is 54.8. The summed E-state index contributed by atoms with van der Waals surface area (Å²) in [4.78, 5) is 132. The number of allylic oxidation sites excluding steroid dienone is 22. The molecule has 2 saturated heterocycles. The number of alkyl carbamates (subject to hydrolysis) is 2. The average Bonchev–Trinajstić information content (AvgIpc) is 1.56. The van der Waals surface area contributed by atoms with Crippen LogP contribution in [0.2, 0.25) is 0 Å². The molecule has 5 amide bonds. The molecule has 28 nitrogen and oxygen atoms in total. The number of aliphatic carboxylic acids is 1. The number of aliphatic hydroxyl groups excluding tert-OH is 2. The number of carboxylic acids is 1. The third kappa shape index (κ3) is 22.7. The maximum Gasteiger partial charge on any atom is 0.407 e. The lowest BCUT2D eigenvalue weighted by molar-refractivity contribution is -0.144. The summed E-state index contributed by atoms with van der Waals surface area (Å²) < 4.78 is 20.9. The summed E-state index contributed by atoms with van der Waals surface area (Å²) in [6.07, 6.45) is 24.6. The highest BCUT2D eigenvalue weighted by atomic mass is 16.6. The molecule has 2 aromatic carbocycles. The minimum absolute atomic E-state index is 0.0203. The van der Waals surface area contributed by atoms with Gasteiger partial charge < -0.3 is 71.5 Å². The van der Waals surface area contributed by atoms with E-state index in [0.717, 1.165) is 183 Å². The van der Waals surface area contributed by atoms with Crippen LogP contribution < -0.4 is 37.2 Å². The fourth-order valence-electron chi connectivity index (χ4n) is 18.8. The van der Waals surface area contributed by atoms with Gasteiger partial charge in [-0.2, -0.15) is 0 Å². The molecule has 712 valence electrons. The van der Waals surface area contributed by atoms with Crippen LogP contribution in [0.5, 0.6) is 0 Å². The number of esters is 2. The number of aliphatic imine (C=N–C) groups is 6. The van der Waals surface area contributed by atoms with Gasteiger partial charge in [0.2, 0.25) is 17.7 Å². The van der Waals surface area contributed by atoms with Gasteiger partial charge >= 0.3 is 30.1 Å². The highest BCUT2D eigenvalue weighted by Gasteiger charge is 2.52. The number of fused-ring (bicyclic) bond motifs is 10. The van der Waals surface area contributed by atoms with Crippen LogP contribution in [0.3, 0.4) is 0 Å². The number of benzene rings is 2. The number of carboxylic acid groups (broad SMARTS) is 1. The smallest absolute Gasteiger partial charge is 0.407 e. The van der Waals surface area contributed by atoms with E-state index in [1.807, 2.05) is 158 Å². The van der Waals surface area contributed by atoms with E-state index in [0.29, 0.717) is 114 Å². The third-order valence-corrected chi connectivity index (χ3v) is 26.8. The number of carbonyl (C=O) groups is 8. The van der Waals surface area contributed by atoms with E-state index in [1.165, 1.54) is 14.2 Å². The van der Waals surface area contributed by atoms with Crippen molar-refractivity contribution in [3.05, 3.63) is 280 Å². The number of hydrogen-bond acceptors (Lipinski definition) is 22. The number of nitrogens with zero attached hydrogens (tertiary/aromatic N) is 6. The first-order valence-electron chi connectivity index (χ1n) is 47.3. The SMILES string of the molecule is C=CC1=C(C)C2=NC1=CC1=NC(=CC3=C(C)C4=C(O)C(C(=O)OC)C(=C5NC(=C2)C(C)C5CCC(=O)NC(CCCCNC(=O)OCc2ccccc2)C(=O)NCCCC)C4=N3)C(CC)=C1C.C=CC1=C(C)C2=NC1=CC1=NC(=CC3=C(C)C4=C(O)C(C(=O)OC)C(=C5NC(=C2)C(C)C5CCC(=O)O)C4=N3)C(CC)=C1C.CCCCNC(=O)C(C)CCCCNC(=O)OCc1ccccc1. The third-order valence-electron chi connectivity index (χ3n) is 26.8. The fourth-order valence-corrected chi connectivity index (χ4v) is 18.8. The van der Waals surface area contributed by atoms with E-state index >= 15 is 0 Å². The van der Waals surface area contributed by atoms with Crippen molar-refractivity contribution < 1.29 is 72.6 Å². The molecule has 12 aliphatic rings. The summed E-state index contributed by atoms with van der Waals surface area (Å²) >= 11 is 0. The van der Waals surface area contributed by atoms with Crippen molar-refractivity contribution in [2.24, 2.45) is 71.4 Å². The monoisotopic (exact) mass is 1840 g/mol. The molecule has 28 heteroatoms. The molecule has 10 heterocycles. The Morgan fingerprint density at radius 1 is 0.481 bits per heavy atom. The van der Waals surface area contributed by atoms with E-state index in [4.69, 9.17) is 48.9 Å². The van der Waals surface area contributed by atoms with Crippen LogP contribution in [0.1, 0.15) is 204 Å². The summed E-state index contributed by atoms with van der Waals surface area (Å²) in [7, 11) is 2.59. The van der Waals surface area contributed by atoms with Crippen molar-refractivity contribution in [1.29, 1.82) is 0 Å². The van der Waals surface area contributed by atoms with Crippen LogP contribution in [0, 0.1) is 41.4 Å². The van der Waals surface area contributed by atoms with Crippen LogP contribution >= 0.6 is 0 Å². The maximum atomic E-state index is 14.0. The average molecular weight is 1840 g/mol. The first-order chi connectivity index (χ1) is 64.9. The molecular formula is C107H129N13O15. The molecule has 10 aliphatic heterocycles. The van der Waals surface area contributed by atoms with Gasteiger partial charge in [-0.1, -0.05) is 154 Å². The lowest BCUT2D eigenvalue weighted by Crippen LogP contribution is -2.47. The highest BCUT2D eigenvalue weighted by molar-refractivity contribution is 6.26. The Morgan fingerprint density at radius 2 is 0.881 bits per heavy atom. The van der Waals surface area contributed by atoms with Crippen molar-refractivity contribution in [2.75, 3.05) is 40.4 Å². The molecule has 2 aliphatic carbocycles. The molecular weight excluding hydrogens is 1710 g/mol. The summed E-state index contributed by atoms with van der Waals surface area (Å²) in [5.41, 5.74) is 24.7. The lowest BCUT2D eigenvalue weighted by Gasteiger charge is -2.22. The predicted molar refractivity (Wildman–Crippen MR) is 526 cm³/mol. The molecule has 8 unspecified atom stereocenters. The van der Waals surface area contributed by atoms with Crippen LogP contribution in [0.15, 0.2) is 299 Å². The Morgan fingerprint density at radius 3 is 1.29 bits per heavy atom. The standard InChI is InChI=1S/C53H63N7O7.C35H36N4O5.C19H30N2O3/c1-9-12-23-54-51(63)37(20-16-17-24-55-53(65)67-28-33-18-14-13-15-19-33)58-44(61)22-21-36-31(6)40-25-38-29(4)34(10-2)42(56-38)26-39-30(5)35(11-3)43(57-39)27-41-32(7)45-49(60-41)46(48(36)59-40)47(50(45)62)52(64)66-8;1-8-19-15(3)22-12-24-17(5)21(10-11-28(40)41)32(38-24)30-31(35(43)44-7)34(42)29-18(6)25(39-33(29)30)14-27-20(9-2)16(4)23(37-27)13-26(19)36-22;1-3-4-13-20-18(22)16(2)10-8-9-14-21-19(23)24-15-17-11-6-5-7-12-17/h10,13-15,18-19,25-27,31,36-37,47,59,62H,2,9,11-12,16-17,20-24,28H2,1,3-8H3,(H,54,63)(H,55,65)(H,58,61);8,12-14,17,21,31,38,42H,1,9-11H2,2-7H3,(H,40,41);5-7,11-12,16H,3-4,8-10,13-15H2,1-2H3,(H,20,22)(H,21,23). The fraction of sp³-hybridized carbons (Fsp3) is 0.421. The van der Waals surface area contributed by atoms with Gasteiger partial charge in [-0.25, -0.2) is 39.5 Å². The van der Waals surface area contributed by atoms with Gasteiger partial charge in [0.15, 0.2) is 0 Å². The van der Waals surface area contributed by atoms with Crippen molar-refractivity contribution in [2.45, 2.75) is 212 Å². The largest absolute Gasteiger partial charge is 0.510 e. The van der Waals surface area contributed by atoms with E-state index in [9.17, 15) is 53.7 Å². The van der Waals surface area contributed by atoms with Gasteiger partial charge in [0.1, 0.15) is 42.6 Å². The topological polar surface area (TPSA) is 393 Å². The van der Waals surface area contributed by atoms with Crippen molar-refractivity contribution in [1.82, 2.24) is 37.2 Å². The number of unbranched alkanes of at least 4 members (excludes halogenated alkanes) is 4. The first kappa shape index (κ1) is 100. The van der Waals surface area contributed by atoms with E-state index in [2.05, 4.69) is 91.9 Å². The summed E-state index contributed by atoms with van der Waals surface area (Å²) in [5.74, 6) is -6.04. The molecule has 10 N–H and O–H groups in total. The molecule has 135 heavy (non-hydrogen) atoms. The summed E-state index contributed by atoms with van der Waals surface area (Å²) in [6.45, 7) is 37.1. The molecule has 2 fully saturated rings. The lowest BCUT2D eigenvalue weighted by atomic mass is 9.84. The van der Waals surface area contributed by atoms with Gasteiger partial charge in [0.25, 0.3) is 0 Å². The highest BCUT2D eigenvalue weighted by Crippen LogP contribution is 2.52. The molecule has 16 bridgehead atoms. The second kappa shape index (κ2) is 45.8. The number of carbonyl (C=O) groups excluding carboxylic acids is 7. The number of nitrogens with one attached hydrogen (secondary N) is 7. The van der Waals surface area contributed by atoms with Gasteiger partial charge in [-0.05, 0) is 204 Å². The van der Waals surface area contributed by atoms with Crippen LogP contribution in [-0.2, 0) is 60.9 Å². The van der Waals surface area contributed by atoms with Crippen LogP contribution in [0.4, 0.5) is 9.59 Å². The van der Waals surface area contributed by atoms with Gasteiger partial charge in [-0.15, -0.1) is 0 Å². The number of aliphatic hydroxyl groups is 2. The number of amides is 5. The van der Waals surface area contributed by atoms with Crippen LogP contribution in [-0.4, -0.2) is 144 Å². The maximum absolute atomic E-state index is 14.0. The first-order valence-corrected chi connectivity index (χ1v) is 47.3. The minimum atomic E-state index is -1.15. The Kier molecular flexibility index (Phi) is 34.1. The van der Waals surface area contributed by atoms with Crippen molar-refractivity contribution in [3.63, 3.8) is 0 Å². The molecule has 0 radical (unpaired) electrons. The Balaban J connectivity index is 0.000000205. The zero-order valence-electron chi connectivity index (χ0n) is 80.4. The van der Waals surface area contributed by atoms with Crippen LogP contribution in [0.25, 0.3) is 0 Å². The minimum Gasteiger partial charge on any atom is -0.510 e. The molecule has 8 atom stereocenters. The number of rotatable bonds is 35. The number of ether oxygens (including phenoxy) is 4. The molecule has 0 spiro atoms. The Hall–Kier alpha value is -13.7. The Bertz CT molecular complexity index is 5890. The summed E-state index contributed by atoms with van der Waals surface area (Å²) in [6, 6.07) is 18.2. The van der Waals surface area contributed by atoms with Gasteiger partial charge in [-0.3, -0.25) is 28.8 Å². The zero-order chi connectivity index (χ0) is 97.2. The van der Waals surface area contributed by atoms with E-state index < -0.39 is 48.0 Å². The Labute approximate surface area is 791 Å². The second-order valence-corrected chi connectivity index (χ2v) is 35.5. The molecule has 14 rings (SSSR count). The quantitative estimate of drug-likeness (QED) is 0.0174. The van der Waals surface area contributed by atoms with E-state index in [-0.39, 0.29) is 84.9 Å². The van der Waals surface area contributed by atoms with Gasteiger partial charge in [0.05, 0.1) is 82.7 Å². The normalized spacial score (nSPS) is 20.9. The second-order valence-electron chi connectivity index (χ2n) is 35.5. The van der Waals surface area contributed by atoms with Crippen molar-refractivity contribution >= 4 is 82.1 Å². The number of methoxy groups -OCH3 is 2. The van der Waals surface area contributed by atoms with Gasteiger partial charge in [0, 0.05) is 125 Å². The molecule has 0 saturated carbocycles. The molecule has 2 aromatic rings.